The fraction of sp³-hybridized carbons (Fsp3) is 0.455. The Balaban J connectivity index is 2.98. The number of hydrogen-bond donors (Lipinski definition) is 0. The minimum atomic E-state index is 0.960. The summed E-state index contributed by atoms with van der Waals surface area (Å²) < 4.78 is 0. The summed E-state index contributed by atoms with van der Waals surface area (Å²) in [6, 6.07) is 10.2. The summed E-state index contributed by atoms with van der Waals surface area (Å²) in [5.74, 6) is 13.4. The normalized spacial score (nSPS) is 10.9. The highest BCUT2D eigenvalue weighted by Gasteiger charge is 2.00. The average Bonchev–Trinajstić information content (AvgIpc) is 2.57. The molecule has 0 aliphatic carbocycles. The summed E-state index contributed by atoms with van der Waals surface area (Å²) in [5, 5.41) is 0. The van der Waals surface area contributed by atoms with Crippen molar-refractivity contribution in [3.05, 3.63) is 47.0 Å². The maximum absolute atomic E-state index is 3.40. The van der Waals surface area contributed by atoms with Gasteiger partial charge in [0, 0.05) is 23.1 Å². The van der Waals surface area contributed by atoms with E-state index in [4.69, 9.17) is 0 Å². The van der Waals surface area contributed by atoms with Crippen molar-refractivity contribution < 1.29 is 0 Å². The first kappa shape index (κ1) is 18.1. The Morgan fingerprint density at radius 3 is 2.23 bits per heavy atom. The molecule has 0 heterocycles. The van der Waals surface area contributed by atoms with Crippen LogP contribution in [0, 0.1) is 23.7 Å². The molecule has 1 rings (SSSR count). The standard InChI is InChI=1S/C22H28/c1-4-7-9-13-17-22(16-8-5-2)21(6-3)19-18-20-14-11-10-12-15-20/h10-12,14-15H,4-9,16H2,1-3H3/b22-21-. The van der Waals surface area contributed by atoms with Crippen LogP contribution in [0.4, 0.5) is 0 Å². The molecule has 0 amide bonds. The third-order valence-corrected chi connectivity index (χ3v) is 3.52. The number of hydrogen-bond acceptors (Lipinski definition) is 0. The van der Waals surface area contributed by atoms with E-state index >= 15 is 0 Å². The molecule has 0 atom stereocenters. The van der Waals surface area contributed by atoms with Crippen molar-refractivity contribution in [1.82, 2.24) is 0 Å². The lowest BCUT2D eigenvalue weighted by Crippen LogP contribution is -1.89. The zero-order valence-corrected chi connectivity index (χ0v) is 14.3. The molecule has 0 aliphatic rings. The Bertz CT molecular complexity index is 567. The predicted molar refractivity (Wildman–Crippen MR) is 97.5 cm³/mol. The van der Waals surface area contributed by atoms with Gasteiger partial charge in [0.05, 0.1) is 0 Å². The number of unbranched alkanes of at least 4 members (excludes halogenated alkanes) is 3. The van der Waals surface area contributed by atoms with Crippen LogP contribution in [-0.4, -0.2) is 0 Å². The van der Waals surface area contributed by atoms with E-state index in [0.717, 1.165) is 24.8 Å². The monoisotopic (exact) mass is 292 g/mol. The highest BCUT2D eigenvalue weighted by Crippen LogP contribution is 2.15. The third kappa shape index (κ3) is 7.19. The number of benzene rings is 1. The van der Waals surface area contributed by atoms with Gasteiger partial charge in [0.2, 0.25) is 0 Å². The van der Waals surface area contributed by atoms with E-state index in [9.17, 15) is 0 Å². The fourth-order valence-corrected chi connectivity index (χ4v) is 2.12. The SMILES string of the molecule is CCCCC#C/C(CCCC)=C(\C#Cc1ccccc1)CC. The van der Waals surface area contributed by atoms with Crippen molar-refractivity contribution in [1.29, 1.82) is 0 Å². The quantitative estimate of drug-likeness (QED) is 0.437. The first-order valence-electron chi connectivity index (χ1n) is 8.59. The van der Waals surface area contributed by atoms with Crippen LogP contribution in [0.25, 0.3) is 0 Å². The van der Waals surface area contributed by atoms with Gasteiger partial charge in [0.25, 0.3) is 0 Å². The zero-order chi connectivity index (χ0) is 16.0. The van der Waals surface area contributed by atoms with Crippen LogP contribution in [0.2, 0.25) is 0 Å². The molecule has 116 valence electrons. The summed E-state index contributed by atoms with van der Waals surface area (Å²) in [4.78, 5) is 0. The summed E-state index contributed by atoms with van der Waals surface area (Å²) in [5.41, 5.74) is 3.53. The van der Waals surface area contributed by atoms with Crippen LogP contribution in [0.3, 0.4) is 0 Å². The van der Waals surface area contributed by atoms with Crippen molar-refractivity contribution in [2.45, 2.75) is 65.7 Å². The Morgan fingerprint density at radius 1 is 0.864 bits per heavy atom. The summed E-state index contributed by atoms with van der Waals surface area (Å²) in [6.45, 7) is 6.61. The average molecular weight is 292 g/mol. The van der Waals surface area contributed by atoms with Crippen LogP contribution in [0.5, 0.6) is 0 Å². The van der Waals surface area contributed by atoms with Crippen LogP contribution in [-0.2, 0) is 0 Å². The molecule has 0 heteroatoms. The Labute approximate surface area is 137 Å². The van der Waals surface area contributed by atoms with Crippen molar-refractivity contribution in [2.75, 3.05) is 0 Å². The van der Waals surface area contributed by atoms with Crippen LogP contribution < -0.4 is 0 Å². The zero-order valence-electron chi connectivity index (χ0n) is 14.3. The molecule has 0 spiro atoms. The molecule has 0 fully saturated rings. The third-order valence-electron chi connectivity index (χ3n) is 3.52. The van der Waals surface area contributed by atoms with Crippen molar-refractivity contribution in [2.24, 2.45) is 0 Å². The lowest BCUT2D eigenvalue weighted by Gasteiger charge is -2.03. The predicted octanol–water partition coefficient (Wildman–Crippen LogP) is 6.13. The lowest BCUT2D eigenvalue weighted by molar-refractivity contribution is 0.794. The van der Waals surface area contributed by atoms with Gasteiger partial charge in [-0.15, -0.1) is 0 Å². The highest BCUT2D eigenvalue weighted by molar-refractivity contribution is 5.47. The molecule has 0 radical (unpaired) electrons. The molecular weight excluding hydrogens is 264 g/mol. The molecule has 0 unspecified atom stereocenters. The molecule has 0 bridgehead atoms. The minimum Gasteiger partial charge on any atom is -0.0982 e. The molecular formula is C22H28. The topological polar surface area (TPSA) is 0 Å². The Morgan fingerprint density at radius 2 is 1.59 bits per heavy atom. The molecule has 0 saturated carbocycles. The van der Waals surface area contributed by atoms with Crippen LogP contribution >= 0.6 is 0 Å². The summed E-state index contributed by atoms with van der Waals surface area (Å²) >= 11 is 0. The second-order valence-corrected chi connectivity index (χ2v) is 5.44. The Hall–Kier alpha value is -1.92. The van der Waals surface area contributed by atoms with Gasteiger partial charge in [0.1, 0.15) is 0 Å². The highest BCUT2D eigenvalue weighted by atomic mass is 14.0. The molecule has 1 aromatic carbocycles. The smallest absolute Gasteiger partial charge is 0.0248 e. The van der Waals surface area contributed by atoms with Crippen molar-refractivity contribution in [3.63, 3.8) is 0 Å². The minimum absolute atomic E-state index is 0.960. The number of allylic oxidation sites excluding steroid dienone is 2. The maximum Gasteiger partial charge on any atom is 0.0248 e. The van der Waals surface area contributed by atoms with Gasteiger partial charge in [-0.1, -0.05) is 75.5 Å². The molecule has 0 aliphatic heterocycles. The summed E-state index contributed by atoms with van der Waals surface area (Å²) in [7, 11) is 0. The van der Waals surface area contributed by atoms with Gasteiger partial charge in [-0.05, 0) is 37.8 Å². The van der Waals surface area contributed by atoms with E-state index in [-0.39, 0.29) is 0 Å². The van der Waals surface area contributed by atoms with Gasteiger partial charge >= 0.3 is 0 Å². The summed E-state index contributed by atoms with van der Waals surface area (Å²) in [6.07, 6.45) is 7.79. The van der Waals surface area contributed by atoms with E-state index in [1.165, 1.54) is 36.8 Å². The van der Waals surface area contributed by atoms with Gasteiger partial charge < -0.3 is 0 Å². The van der Waals surface area contributed by atoms with E-state index in [1.807, 2.05) is 18.2 Å². The van der Waals surface area contributed by atoms with Crippen molar-refractivity contribution in [3.8, 4) is 23.7 Å². The van der Waals surface area contributed by atoms with Gasteiger partial charge in [-0.2, -0.15) is 0 Å². The fourth-order valence-electron chi connectivity index (χ4n) is 2.12. The van der Waals surface area contributed by atoms with Gasteiger partial charge in [-0.25, -0.2) is 0 Å². The van der Waals surface area contributed by atoms with Gasteiger partial charge in [-0.3, -0.25) is 0 Å². The van der Waals surface area contributed by atoms with Crippen molar-refractivity contribution >= 4 is 0 Å². The maximum atomic E-state index is 3.40. The van der Waals surface area contributed by atoms with E-state index in [0.29, 0.717) is 0 Å². The molecule has 1 aromatic rings. The van der Waals surface area contributed by atoms with E-state index < -0.39 is 0 Å². The first-order valence-corrected chi connectivity index (χ1v) is 8.59. The van der Waals surface area contributed by atoms with Crippen LogP contribution in [0.15, 0.2) is 41.5 Å². The second-order valence-electron chi connectivity index (χ2n) is 5.44. The molecule has 0 nitrogen and oxygen atoms in total. The van der Waals surface area contributed by atoms with E-state index in [1.54, 1.807) is 0 Å². The molecule has 0 aromatic heterocycles. The number of rotatable bonds is 6. The second kappa shape index (κ2) is 11.7. The van der Waals surface area contributed by atoms with E-state index in [2.05, 4.69) is 56.6 Å². The largest absolute Gasteiger partial charge is 0.0982 e. The Kier molecular flexibility index (Phi) is 9.65. The lowest BCUT2D eigenvalue weighted by atomic mass is 10.0. The molecule has 0 N–H and O–H groups in total. The molecule has 22 heavy (non-hydrogen) atoms. The molecule has 0 saturated heterocycles. The van der Waals surface area contributed by atoms with Crippen LogP contribution in [0.1, 0.15) is 71.3 Å². The van der Waals surface area contributed by atoms with Gasteiger partial charge in [0.15, 0.2) is 0 Å². The first-order chi connectivity index (χ1) is 10.8.